The highest BCUT2D eigenvalue weighted by Crippen LogP contribution is 2.24. The number of hydrogen-bond acceptors (Lipinski definition) is 6. The van der Waals surface area contributed by atoms with Crippen LogP contribution in [0.3, 0.4) is 0 Å². The number of aromatic nitrogens is 4. The summed E-state index contributed by atoms with van der Waals surface area (Å²) >= 11 is 0. The highest BCUT2D eigenvalue weighted by Gasteiger charge is 2.19. The van der Waals surface area contributed by atoms with Crippen molar-refractivity contribution in [2.24, 2.45) is 0 Å². The first kappa shape index (κ1) is 17.3. The molecular weight excluding hydrogens is 342 g/mol. The Labute approximate surface area is 157 Å². The molecule has 1 fully saturated rings. The van der Waals surface area contributed by atoms with Crippen molar-refractivity contribution in [3.8, 4) is 11.3 Å². The second kappa shape index (κ2) is 6.86. The van der Waals surface area contributed by atoms with Gasteiger partial charge in [0.15, 0.2) is 5.65 Å². The number of hydrogen-bond donors (Lipinski definition) is 2. The Bertz CT molecular complexity index is 990. The van der Waals surface area contributed by atoms with Crippen LogP contribution < -0.4 is 11.5 Å². The van der Waals surface area contributed by atoms with Crippen molar-refractivity contribution < 1.29 is 4.79 Å². The standard InChI is InChI=1S/C19H23N7O/c1-12-22-15-6-5-14(13-10-16(20)24-17(21)11-13)23-19(15)26(12)9-3-8-25-7-2-4-18(25)27/h5-6,10-11H,2-4,7-9H2,1H3,(H4,20,21,24). The highest BCUT2D eigenvalue weighted by molar-refractivity contribution is 5.78. The van der Waals surface area contributed by atoms with E-state index in [0.717, 1.165) is 60.7 Å². The number of amides is 1. The Morgan fingerprint density at radius 1 is 1.07 bits per heavy atom. The van der Waals surface area contributed by atoms with Crippen LogP contribution in [0, 0.1) is 6.92 Å². The first-order chi connectivity index (χ1) is 13.0. The molecule has 3 aromatic rings. The van der Waals surface area contributed by atoms with Gasteiger partial charge in [0.05, 0.1) is 5.69 Å². The lowest BCUT2D eigenvalue weighted by Gasteiger charge is -2.15. The number of fused-ring (bicyclic) bond motifs is 1. The lowest BCUT2D eigenvalue weighted by Crippen LogP contribution is -2.26. The summed E-state index contributed by atoms with van der Waals surface area (Å²) in [4.78, 5) is 27.1. The molecule has 0 bridgehead atoms. The topological polar surface area (TPSA) is 116 Å². The van der Waals surface area contributed by atoms with E-state index in [1.54, 1.807) is 12.1 Å². The quantitative estimate of drug-likeness (QED) is 0.714. The number of likely N-dealkylation sites (tertiary alicyclic amines) is 1. The minimum atomic E-state index is 0.260. The summed E-state index contributed by atoms with van der Waals surface area (Å²) in [5.74, 6) is 1.91. The van der Waals surface area contributed by atoms with E-state index in [-0.39, 0.29) is 5.91 Å². The number of nitrogens with two attached hydrogens (primary N) is 2. The molecule has 0 aromatic carbocycles. The van der Waals surface area contributed by atoms with Gasteiger partial charge >= 0.3 is 0 Å². The molecule has 0 aliphatic carbocycles. The predicted octanol–water partition coefficient (Wildman–Crippen LogP) is 1.98. The molecule has 4 heterocycles. The monoisotopic (exact) mass is 365 g/mol. The van der Waals surface area contributed by atoms with Gasteiger partial charge in [0.1, 0.15) is 23.0 Å². The first-order valence-electron chi connectivity index (χ1n) is 9.16. The maximum Gasteiger partial charge on any atom is 0.222 e. The third-order valence-electron chi connectivity index (χ3n) is 4.92. The van der Waals surface area contributed by atoms with Gasteiger partial charge in [-0.2, -0.15) is 0 Å². The Kier molecular flexibility index (Phi) is 4.39. The number of nitrogen functional groups attached to an aromatic ring is 2. The molecule has 8 nitrogen and oxygen atoms in total. The molecule has 140 valence electrons. The predicted molar refractivity (Wildman–Crippen MR) is 105 cm³/mol. The molecule has 4 rings (SSSR count). The second-order valence-electron chi connectivity index (χ2n) is 6.89. The van der Waals surface area contributed by atoms with E-state index in [1.165, 1.54) is 0 Å². The van der Waals surface area contributed by atoms with Crippen molar-refractivity contribution in [1.29, 1.82) is 0 Å². The van der Waals surface area contributed by atoms with E-state index in [9.17, 15) is 4.79 Å². The SMILES string of the molecule is Cc1nc2ccc(-c3cc(N)nc(N)c3)nc2n1CCCN1CCCC1=O. The molecule has 1 aliphatic rings. The Hall–Kier alpha value is -3.16. The fourth-order valence-electron chi connectivity index (χ4n) is 3.63. The fourth-order valence-corrected chi connectivity index (χ4v) is 3.63. The van der Waals surface area contributed by atoms with Gasteiger partial charge in [0, 0.05) is 31.6 Å². The van der Waals surface area contributed by atoms with Gasteiger partial charge in [-0.05, 0) is 44.0 Å². The van der Waals surface area contributed by atoms with Crippen molar-refractivity contribution in [2.75, 3.05) is 24.6 Å². The number of nitrogens with zero attached hydrogens (tertiary/aromatic N) is 5. The van der Waals surface area contributed by atoms with Gasteiger partial charge < -0.3 is 20.9 Å². The second-order valence-corrected chi connectivity index (χ2v) is 6.89. The smallest absolute Gasteiger partial charge is 0.222 e. The molecule has 0 spiro atoms. The van der Waals surface area contributed by atoms with Crippen LogP contribution >= 0.6 is 0 Å². The molecular formula is C19H23N7O. The summed E-state index contributed by atoms with van der Waals surface area (Å²) in [5.41, 5.74) is 14.9. The molecule has 1 saturated heterocycles. The van der Waals surface area contributed by atoms with Gasteiger partial charge in [0.2, 0.25) is 5.91 Å². The van der Waals surface area contributed by atoms with Crippen LogP contribution in [-0.2, 0) is 11.3 Å². The third-order valence-corrected chi connectivity index (χ3v) is 4.92. The molecule has 8 heteroatoms. The summed E-state index contributed by atoms with van der Waals surface area (Å²) in [6, 6.07) is 7.39. The number of pyridine rings is 2. The third kappa shape index (κ3) is 3.42. The zero-order valence-corrected chi connectivity index (χ0v) is 15.4. The van der Waals surface area contributed by atoms with Crippen LogP contribution in [-0.4, -0.2) is 43.4 Å². The molecule has 0 radical (unpaired) electrons. The summed E-state index contributed by atoms with van der Waals surface area (Å²) in [5, 5.41) is 0. The van der Waals surface area contributed by atoms with Gasteiger partial charge in [-0.25, -0.2) is 15.0 Å². The zero-order chi connectivity index (χ0) is 19.0. The van der Waals surface area contributed by atoms with Crippen LogP contribution in [0.2, 0.25) is 0 Å². The Balaban J connectivity index is 1.60. The molecule has 0 unspecified atom stereocenters. The summed E-state index contributed by atoms with van der Waals surface area (Å²) in [7, 11) is 0. The molecule has 1 amide bonds. The Morgan fingerprint density at radius 2 is 1.85 bits per heavy atom. The van der Waals surface area contributed by atoms with Crippen LogP contribution in [0.4, 0.5) is 11.6 Å². The maximum absolute atomic E-state index is 11.8. The molecule has 0 atom stereocenters. The number of carbonyl (C=O) groups is 1. The first-order valence-corrected chi connectivity index (χ1v) is 9.16. The maximum atomic E-state index is 11.8. The molecule has 1 aliphatic heterocycles. The lowest BCUT2D eigenvalue weighted by molar-refractivity contribution is -0.127. The normalized spacial score (nSPS) is 14.4. The van der Waals surface area contributed by atoms with Gasteiger partial charge in [0.25, 0.3) is 0 Å². The van der Waals surface area contributed by atoms with Crippen molar-refractivity contribution in [3.63, 3.8) is 0 Å². The van der Waals surface area contributed by atoms with Crippen molar-refractivity contribution >= 4 is 28.7 Å². The van der Waals surface area contributed by atoms with Crippen LogP contribution in [0.5, 0.6) is 0 Å². The minimum Gasteiger partial charge on any atom is -0.384 e. The van der Waals surface area contributed by atoms with Crippen LogP contribution in [0.1, 0.15) is 25.1 Å². The minimum absolute atomic E-state index is 0.260. The lowest BCUT2D eigenvalue weighted by atomic mass is 10.1. The highest BCUT2D eigenvalue weighted by atomic mass is 16.2. The van der Waals surface area contributed by atoms with Gasteiger partial charge in [-0.3, -0.25) is 4.79 Å². The van der Waals surface area contributed by atoms with Crippen LogP contribution in [0.15, 0.2) is 24.3 Å². The molecule has 4 N–H and O–H groups in total. The number of imidazole rings is 1. The van der Waals surface area contributed by atoms with E-state index in [0.29, 0.717) is 18.1 Å². The molecule has 3 aromatic heterocycles. The average molecular weight is 365 g/mol. The summed E-state index contributed by atoms with van der Waals surface area (Å²) < 4.78 is 2.10. The van der Waals surface area contributed by atoms with Crippen molar-refractivity contribution in [1.82, 2.24) is 24.4 Å². The van der Waals surface area contributed by atoms with E-state index in [1.807, 2.05) is 24.0 Å². The van der Waals surface area contributed by atoms with Crippen molar-refractivity contribution in [2.45, 2.75) is 32.7 Å². The van der Waals surface area contributed by atoms with Crippen LogP contribution in [0.25, 0.3) is 22.4 Å². The summed E-state index contributed by atoms with van der Waals surface area (Å²) in [6.45, 7) is 4.39. The number of aryl methyl sites for hydroxylation is 2. The Morgan fingerprint density at radius 3 is 2.56 bits per heavy atom. The average Bonchev–Trinajstić information content (AvgIpc) is 3.17. The van der Waals surface area contributed by atoms with E-state index in [4.69, 9.17) is 16.5 Å². The van der Waals surface area contributed by atoms with Gasteiger partial charge in [-0.1, -0.05) is 0 Å². The van der Waals surface area contributed by atoms with E-state index >= 15 is 0 Å². The van der Waals surface area contributed by atoms with Crippen molar-refractivity contribution in [3.05, 3.63) is 30.1 Å². The van der Waals surface area contributed by atoms with E-state index < -0.39 is 0 Å². The zero-order valence-electron chi connectivity index (χ0n) is 15.4. The molecule has 0 saturated carbocycles. The molecule has 27 heavy (non-hydrogen) atoms. The summed E-state index contributed by atoms with van der Waals surface area (Å²) in [6.07, 6.45) is 2.52. The van der Waals surface area contributed by atoms with Gasteiger partial charge in [-0.15, -0.1) is 0 Å². The largest absolute Gasteiger partial charge is 0.384 e. The number of rotatable bonds is 5. The number of anilines is 2. The van der Waals surface area contributed by atoms with E-state index in [2.05, 4.69) is 14.5 Å². The fraction of sp³-hybridized carbons (Fsp3) is 0.368. The number of carbonyl (C=O) groups excluding carboxylic acids is 1.